The van der Waals surface area contributed by atoms with Gasteiger partial charge in [0.05, 0.1) is 7.11 Å². The van der Waals surface area contributed by atoms with Gasteiger partial charge in [0.25, 0.3) is 5.91 Å². The minimum absolute atomic E-state index is 0.0585. The lowest BCUT2D eigenvalue weighted by molar-refractivity contribution is 0.0943. The molecule has 0 bridgehead atoms. The highest BCUT2D eigenvalue weighted by Gasteiger charge is 2.36. The third kappa shape index (κ3) is 4.34. The van der Waals surface area contributed by atoms with E-state index in [1.54, 1.807) is 12.1 Å². The number of carbonyl (C=O) groups is 1. The van der Waals surface area contributed by atoms with Crippen molar-refractivity contribution in [1.82, 2.24) is 9.62 Å². The van der Waals surface area contributed by atoms with Gasteiger partial charge in [0.15, 0.2) is 0 Å². The van der Waals surface area contributed by atoms with Crippen LogP contribution in [0.5, 0.6) is 5.75 Å². The molecule has 2 aromatic rings. The summed E-state index contributed by atoms with van der Waals surface area (Å²) < 4.78 is 33.0. The largest absolute Gasteiger partial charge is 0.495 e. The van der Waals surface area contributed by atoms with Crippen LogP contribution in [0.25, 0.3) is 0 Å². The lowest BCUT2D eigenvalue weighted by atomic mass is 9.79. The second-order valence-corrected chi connectivity index (χ2v) is 10.4. The van der Waals surface area contributed by atoms with E-state index in [2.05, 4.69) is 17.4 Å². The molecule has 4 rings (SSSR count). The molecule has 0 radical (unpaired) electrons. The minimum Gasteiger partial charge on any atom is -0.495 e. The molecule has 1 aliphatic carbocycles. The van der Waals surface area contributed by atoms with E-state index in [4.69, 9.17) is 4.74 Å². The zero-order valence-corrected chi connectivity index (χ0v) is 18.8. The van der Waals surface area contributed by atoms with Crippen LogP contribution < -0.4 is 10.1 Å². The molecule has 0 aromatic heterocycles. The van der Waals surface area contributed by atoms with Crippen molar-refractivity contribution in [3.05, 3.63) is 59.7 Å². The number of amides is 1. The smallest absolute Gasteiger partial charge is 0.251 e. The van der Waals surface area contributed by atoms with Crippen LogP contribution in [0.15, 0.2) is 53.4 Å². The molecular formula is C24H30N2O4S. The van der Waals surface area contributed by atoms with Crippen molar-refractivity contribution in [2.75, 3.05) is 26.7 Å². The number of hydrogen-bond acceptors (Lipinski definition) is 4. The van der Waals surface area contributed by atoms with Crippen LogP contribution in [-0.2, 0) is 15.4 Å². The first-order valence-electron chi connectivity index (χ1n) is 11.0. The Morgan fingerprint density at radius 3 is 2.35 bits per heavy atom. The maximum Gasteiger partial charge on any atom is 0.251 e. The van der Waals surface area contributed by atoms with Gasteiger partial charge in [0.1, 0.15) is 10.6 Å². The predicted octanol–water partition coefficient (Wildman–Crippen LogP) is 3.72. The normalized spacial score (nSPS) is 18.7. The molecule has 1 amide bonds. The van der Waals surface area contributed by atoms with Gasteiger partial charge < -0.3 is 10.1 Å². The summed E-state index contributed by atoms with van der Waals surface area (Å²) in [5, 5.41) is 3.08. The lowest BCUT2D eigenvalue weighted by Crippen LogP contribution is -2.39. The summed E-state index contributed by atoms with van der Waals surface area (Å²) in [6, 6.07) is 15.0. The van der Waals surface area contributed by atoms with Gasteiger partial charge in [-0.1, -0.05) is 43.2 Å². The van der Waals surface area contributed by atoms with Crippen LogP contribution in [0.1, 0.15) is 54.4 Å². The van der Waals surface area contributed by atoms with Crippen molar-refractivity contribution in [1.29, 1.82) is 0 Å². The van der Waals surface area contributed by atoms with E-state index >= 15 is 0 Å². The maximum atomic E-state index is 13.1. The summed E-state index contributed by atoms with van der Waals surface area (Å²) >= 11 is 0. The molecule has 1 N–H and O–H groups in total. The molecule has 1 saturated carbocycles. The second kappa shape index (κ2) is 9.01. The lowest BCUT2D eigenvalue weighted by Gasteiger charge is -2.30. The number of ether oxygens (including phenoxy) is 1. The average Bonchev–Trinajstić information content (AvgIpc) is 3.51. The summed E-state index contributed by atoms with van der Waals surface area (Å²) in [5.41, 5.74) is 1.52. The number of hydrogen-bond donors (Lipinski definition) is 1. The zero-order chi connectivity index (χ0) is 21.9. The van der Waals surface area contributed by atoms with Gasteiger partial charge >= 0.3 is 0 Å². The van der Waals surface area contributed by atoms with Gasteiger partial charge in [0.2, 0.25) is 10.0 Å². The Balaban J connectivity index is 1.56. The fourth-order valence-corrected chi connectivity index (χ4v) is 6.55. The van der Waals surface area contributed by atoms with Gasteiger partial charge in [-0.3, -0.25) is 4.79 Å². The third-order valence-corrected chi connectivity index (χ3v) is 8.56. The second-order valence-electron chi connectivity index (χ2n) is 8.51. The Morgan fingerprint density at radius 2 is 1.71 bits per heavy atom. The van der Waals surface area contributed by atoms with Crippen molar-refractivity contribution in [2.24, 2.45) is 0 Å². The number of benzene rings is 2. The van der Waals surface area contributed by atoms with Crippen LogP contribution in [0, 0.1) is 0 Å². The van der Waals surface area contributed by atoms with Crippen LogP contribution in [-0.4, -0.2) is 45.4 Å². The molecule has 1 saturated heterocycles. The number of rotatable bonds is 7. The Hall–Kier alpha value is -2.38. The quantitative estimate of drug-likeness (QED) is 0.709. The van der Waals surface area contributed by atoms with E-state index in [1.807, 2.05) is 18.2 Å². The third-order valence-electron chi connectivity index (χ3n) is 6.64. The Kier molecular flexibility index (Phi) is 6.34. The SMILES string of the molecule is COc1ccc(C(=O)NCC2(c3ccccc3)CCCC2)cc1S(=O)(=O)N1CCCC1. The van der Waals surface area contributed by atoms with Gasteiger partial charge in [-0.05, 0) is 49.4 Å². The monoisotopic (exact) mass is 442 g/mol. The molecule has 0 atom stereocenters. The summed E-state index contributed by atoms with van der Waals surface area (Å²) in [7, 11) is -2.25. The fourth-order valence-electron chi connectivity index (χ4n) is 4.85. The Labute approximate surface area is 184 Å². The molecule has 1 heterocycles. The van der Waals surface area contributed by atoms with E-state index in [9.17, 15) is 13.2 Å². The summed E-state index contributed by atoms with van der Waals surface area (Å²) in [4.78, 5) is 13.1. The topological polar surface area (TPSA) is 75.7 Å². The van der Waals surface area contributed by atoms with Gasteiger partial charge in [0, 0.05) is 30.6 Å². The van der Waals surface area contributed by atoms with Crippen LogP contribution in [0.2, 0.25) is 0 Å². The summed E-state index contributed by atoms with van der Waals surface area (Å²) in [6.07, 6.45) is 6.06. The Morgan fingerprint density at radius 1 is 1.03 bits per heavy atom. The summed E-state index contributed by atoms with van der Waals surface area (Å²) in [5.74, 6) is 0.00253. The molecule has 1 aliphatic heterocycles. The highest BCUT2D eigenvalue weighted by atomic mass is 32.2. The maximum absolute atomic E-state index is 13.1. The predicted molar refractivity (Wildman–Crippen MR) is 120 cm³/mol. The fraction of sp³-hybridized carbons (Fsp3) is 0.458. The van der Waals surface area contributed by atoms with Gasteiger partial charge in [-0.2, -0.15) is 4.31 Å². The first kappa shape index (κ1) is 21.8. The zero-order valence-electron chi connectivity index (χ0n) is 18.0. The average molecular weight is 443 g/mol. The molecular weight excluding hydrogens is 412 g/mol. The minimum atomic E-state index is -3.69. The number of methoxy groups -OCH3 is 1. The van der Waals surface area contributed by atoms with E-state index in [0.29, 0.717) is 25.2 Å². The van der Waals surface area contributed by atoms with E-state index in [-0.39, 0.29) is 22.0 Å². The van der Waals surface area contributed by atoms with Gasteiger partial charge in [-0.15, -0.1) is 0 Å². The van der Waals surface area contributed by atoms with Crippen molar-refractivity contribution >= 4 is 15.9 Å². The molecule has 166 valence electrons. The molecule has 2 aliphatic rings. The first-order chi connectivity index (χ1) is 15.0. The standard InChI is InChI=1S/C24H30N2O4S/c1-30-21-12-11-19(17-22(21)31(28,29)26-15-7-8-16-26)23(27)25-18-24(13-5-6-14-24)20-9-3-2-4-10-20/h2-4,9-12,17H,5-8,13-16,18H2,1H3,(H,25,27). The number of sulfonamides is 1. The van der Waals surface area contributed by atoms with Gasteiger partial charge in [-0.25, -0.2) is 8.42 Å². The molecule has 31 heavy (non-hydrogen) atoms. The van der Waals surface area contributed by atoms with Crippen molar-refractivity contribution in [2.45, 2.75) is 48.8 Å². The molecule has 2 fully saturated rings. The number of nitrogens with one attached hydrogen (secondary N) is 1. The molecule has 7 heteroatoms. The van der Waals surface area contributed by atoms with E-state index < -0.39 is 10.0 Å². The highest BCUT2D eigenvalue weighted by Crippen LogP contribution is 2.40. The van der Waals surface area contributed by atoms with E-state index in [1.165, 1.54) is 23.0 Å². The highest BCUT2D eigenvalue weighted by molar-refractivity contribution is 7.89. The number of carbonyl (C=O) groups excluding carboxylic acids is 1. The van der Waals surface area contributed by atoms with Crippen LogP contribution in [0.3, 0.4) is 0 Å². The van der Waals surface area contributed by atoms with E-state index in [0.717, 1.165) is 38.5 Å². The summed E-state index contributed by atoms with van der Waals surface area (Å²) in [6.45, 7) is 1.54. The molecule has 6 nitrogen and oxygen atoms in total. The van der Waals surface area contributed by atoms with Crippen molar-refractivity contribution in [3.8, 4) is 5.75 Å². The Bertz CT molecular complexity index is 1020. The van der Waals surface area contributed by atoms with Crippen LogP contribution >= 0.6 is 0 Å². The molecule has 0 spiro atoms. The van der Waals surface area contributed by atoms with Crippen molar-refractivity contribution < 1.29 is 17.9 Å². The van der Waals surface area contributed by atoms with Crippen LogP contribution in [0.4, 0.5) is 0 Å². The molecule has 0 unspecified atom stereocenters. The van der Waals surface area contributed by atoms with Crippen molar-refractivity contribution in [3.63, 3.8) is 0 Å². The molecule has 2 aromatic carbocycles. The first-order valence-corrected chi connectivity index (χ1v) is 12.4. The number of nitrogens with zero attached hydrogens (tertiary/aromatic N) is 1.